The number of nitrogens with two attached hydrogens (primary N) is 1. The second-order valence-electron chi connectivity index (χ2n) is 3.71. The van der Waals surface area contributed by atoms with Gasteiger partial charge in [-0.1, -0.05) is 22.0 Å². The zero-order valence-electron chi connectivity index (χ0n) is 8.70. The van der Waals surface area contributed by atoms with E-state index in [1.165, 1.54) is 11.1 Å². The van der Waals surface area contributed by atoms with Gasteiger partial charge in [0.2, 0.25) is 5.91 Å². The average molecular weight is 306 g/mol. The first kappa shape index (κ1) is 13.5. The van der Waals surface area contributed by atoms with Crippen molar-refractivity contribution in [3.05, 3.63) is 33.8 Å². The molecule has 1 aliphatic carbocycles. The van der Waals surface area contributed by atoms with Crippen molar-refractivity contribution in [2.24, 2.45) is 5.73 Å². The second-order valence-corrected chi connectivity index (χ2v) is 4.62. The zero-order chi connectivity index (χ0) is 10.8. The fourth-order valence-corrected chi connectivity index (χ4v) is 2.40. The number of fused-ring (bicyclic) bond motifs is 1. The molecule has 88 valence electrons. The van der Waals surface area contributed by atoms with Gasteiger partial charge < -0.3 is 11.1 Å². The van der Waals surface area contributed by atoms with E-state index in [2.05, 4.69) is 33.4 Å². The standard InChI is InChI=1S/C11H13BrN2O.ClH/c12-8-2-3-9-7(5-8)1-4-10(9)14-11(15)6-13;/h2-3,5,10H,1,4,6,13H2,(H,14,15);1H. The van der Waals surface area contributed by atoms with Crippen LogP contribution in [-0.4, -0.2) is 12.5 Å². The first-order chi connectivity index (χ1) is 7.20. The topological polar surface area (TPSA) is 55.1 Å². The highest BCUT2D eigenvalue weighted by atomic mass is 79.9. The highest BCUT2D eigenvalue weighted by molar-refractivity contribution is 9.10. The Morgan fingerprint density at radius 3 is 3.00 bits per heavy atom. The Kier molecular flexibility index (Phi) is 4.77. The average Bonchev–Trinajstić information content (AvgIpc) is 2.60. The molecule has 0 bridgehead atoms. The van der Waals surface area contributed by atoms with Crippen LogP contribution in [0.4, 0.5) is 0 Å². The highest BCUT2D eigenvalue weighted by Gasteiger charge is 2.23. The predicted octanol–water partition coefficient (Wildman–Crippen LogP) is 1.93. The third-order valence-electron chi connectivity index (χ3n) is 2.70. The molecule has 3 nitrogen and oxygen atoms in total. The van der Waals surface area contributed by atoms with Gasteiger partial charge in [0.05, 0.1) is 12.6 Å². The molecule has 1 aromatic carbocycles. The molecule has 0 radical (unpaired) electrons. The van der Waals surface area contributed by atoms with Crippen LogP contribution in [0.1, 0.15) is 23.6 Å². The van der Waals surface area contributed by atoms with Crippen LogP contribution in [0.25, 0.3) is 0 Å². The van der Waals surface area contributed by atoms with Crippen LogP contribution in [0.2, 0.25) is 0 Å². The number of halogens is 2. The summed E-state index contributed by atoms with van der Waals surface area (Å²) >= 11 is 3.44. The van der Waals surface area contributed by atoms with Gasteiger partial charge in [-0.15, -0.1) is 12.4 Å². The lowest BCUT2D eigenvalue weighted by molar-refractivity contribution is -0.120. The van der Waals surface area contributed by atoms with E-state index in [0.29, 0.717) is 0 Å². The summed E-state index contributed by atoms with van der Waals surface area (Å²) in [4.78, 5) is 11.2. The van der Waals surface area contributed by atoms with Crippen molar-refractivity contribution in [1.82, 2.24) is 5.32 Å². The molecule has 0 saturated carbocycles. The van der Waals surface area contributed by atoms with E-state index in [1.807, 2.05) is 6.07 Å². The Hall–Kier alpha value is -0.580. The van der Waals surface area contributed by atoms with Gasteiger partial charge in [0.15, 0.2) is 0 Å². The van der Waals surface area contributed by atoms with Gasteiger partial charge in [-0.2, -0.15) is 0 Å². The molecule has 1 amide bonds. The summed E-state index contributed by atoms with van der Waals surface area (Å²) in [5, 5.41) is 2.92. The number of amides is 1. The number of hydrogen-bond donors (Lipinski definition) is 2. The number of rotatable bonds is 2. The van der Waals surface area contributed by atoms with Gasteiger partial charge in [-0.25, -0.2) is 0 Å². The van der Waals surface area contributed by atoms with Crippen molar-refractivity contribution in [2.75, 3.05) is 6.54 Å². The summed E-state index contributed by atoms with van der Waals surface area (Å²) in [7, 11) is 0. The summed E-state index contributed by atoms with van der Waals surface area (Å²) in [5.74, 6) is -0.0873. The van der Waals surface area contributed by atoms with E-state index < -0.39 is 0 Å². The summed E-state index contributed by atoms with van der Waals surface area (Å²) in [6.45, 7) is 0.0579. The van der Waals surface area contributed by atoms with Crippen molar-refractivity contribution in [2.45, 2.75) is 18.9 Å². The third kappa shape index (κ3) is 2.75. The van der Waals surface area contributed by atoms with Gasteiger partial charge >= 0.3 is 0 Å². The molecule has 1 unspecified atom stereocenters. The molecule has 0 saturated heterocycles. The summed E-state index contributed by atoms with van der Waals surface area (Å²) in [6.07, 6.45) is 1.99. The molecule has 0 aromatic heterocycles. The molecule has 5 heteroatoms. The molecule has 0 spiro atoms. The van der Waals surface area contributed by atoms with Crippen LogP contribution in [0.15, 0.2) is 22.7 Å². The quantitative estimate of drug-likeness (QED) is 0.877. The number of aryl methyl sites for hydroxylation is 1. The zero-order valence-corrected chi connectivity index (χ0v) is 11.1. The molecule has 1 aromatic rings. The fourth-order valence-electron chi connectivity index (χ4n) is 1.99. The van der Waals surface area contributed by atoms with E-state index in [1.54, 1.807) is 0 Å². The van der Waals surface area contributed by atoms with Crippen molar-refractivity contribution >= 4 is 34.2 Å². The Balaban J connectivity index is 0.00000128. The minimum atomic E-state index is -0.0873. The molecular weight excluding hydrogens is 291 g/mol. The first-order valence-corrected chi connectivity index (χ1v) is 5.78. The molecule has 0 aliphatic heterocycles. The smallest absolute Gasteiger partial charge is 0.234 e. The van der Waals surface area contributed by atoms with Gasteiger partial charge in [-0.05, 0) is 36.1 Å². The summed E-state index contributed by atoms with van der Waals surface area (Å²) in [6, 6.07) is 6.33. The van der Waals surface area contributed by atoms with Crippen molar-refractivity contribution < 1.29 is 4.79 Å². The number of nitrogens with one attached hydrogen (secondary N) is 1. The Labute approximate surface area is 109 Å². The number of hydrogen-bond acceptors (Lipinski definition) is 2. The Bertz CT molecular complexity index is 398. The van der Waals surface area contributed by atoms with Crippen LogP contribution in [0.3, 0.4) is 0 Å². The van der Waals surface area contributed by atoms with Crippen LogP contribution in [0, 0.1) is 0 Å². The van der Waals surface area contributed by atoms with Crippen molar-refractivity contribution in [1.29, 1.82) is 0 Å². The number of carbonyl (C=O) groups is 1. The van der Waals surface area contributed by atoms with E-state index in [-0.39, 0.29) is 30.9 Å². The van der Waals surface area contributed by atoms with Crippen LogP contribution in [-0.2, 0) is 11.2 Å². The maximum absolute atomic E-state index is 11.2. The molecule has 1 atom stereocenters. The predicted molar refractivity (Wildman–Crippen MR) is 69.6 cm³/mol. The Morgan fingerprint density at radius 2 is 2.31 bits per heavy atom. The molecule has 0 heterocycles. The van der Waals surface area contributed by atoms with Gasteiger partial charge in [0.1, 0.15) is 0 Å². The first-order valence-electron chi connectivity index (χ1n) is 4.98. The lowest BCUT2D eigenvalue weighted by Crippen LogP contribution is -2.32. The van der Waals surface area contributed by atoms with Crippen LogP contribution in [0.5, 0.6) is 0 Å². The van der Waals surface area contributed by atoms with Gasteiger partial charge in [0.25, 0.3) is 0 Å². The summed E-state index contributed by atoms with van der Waals surface area (Å²) < 4.78 is 1.09. The largest absolute Gasteiger partial charge is 0.348 e. The van der Waals surface area contributed by atoms with Crippen molar-refractivity contribution in [3.63, 3.8) is 0 Å². The molecule has 16 heavy (non-hydrogen) atoms. The maximum Gasteiger partial charge on any atom is 0.234 e. The third-order valence-corrected chi connectivity index (χ3v) is 3.20. The molecule has 2 rings (SSSR count). The molecular formula is C11H14BrClN2O. The van der Waals surface area contributed by atoms with Gasteiger partial charge in [-0.3, -0.25) is 4.79 Å². The lowest BCUT2D eigenvalue weighted by Gasteiger charge is -2.13. The number of benzene rings is 1. The van der Waals surface area contributed by atoms with Crippen LogP contribution < -0.4 is 11.1 Å². The normalized spacial score (nSPS) is 17.5. The van der Waals surface area contributed by atoms with Crippen molar-refractivity contribution in [3.8, 4) is 0 Å². The highest BCUT2D eigenvalue weighted by Crippen LogP contribution is 2.32. The minimum absolute atomic E-state index is 0. The van der Waals surface area contributed by atoms with E-state index in [4.69, 9.17) is 5.73 Å². The molecule has 1 aliphatic rings. The minimum Gasteiger partial charge on any atom is -0.348 e. The lowest BCUT2D eigenvalue weighted by atomic mass is 10.1. The van der Waals surface area contributed by atoms with E-state index in [9.17, 15) is 4.79 Å². The van der Waals surface area contributed by atoms with Gasteiger partial charge in [0, 0.05) is 4.47 Å². The second kappa shape index (κ2) is 5.66. The SMILES string of the molecule is Cl.NCC(=O)NC1CCc2cc(Br)ccc21. The summed E-state index contributed by atoms with van der Waals surface area (Å²) in [5.41, 5.74) is 7.81. The van der Waals surface area contributed by atoms with E-state index in [0.717, 1.165) is 17.3 Å². The molecule has 3 N–H and O–H groups in total. The fraction of sp³-hybridized carbons (Fsp3) is 0.364. The number of carbonyl (C=O) groups excluding carboxylic acids is 1. The van der Waals surface area contributed by atoms with Crippen LogP contribution >= 0.6 is 28.3 Å². The maximum atomic E-state index is 11.2. The Morgan fingerprint density at radius 1 is 1.56 bits per heavy atom. The molecule has 0 fully saturated rings. The van der Waals surface area contributed by atoms with E-state index >= 15 is 0 Å². The monoisotopic (exact) mass is 304 g/mol.